The van der Waals surface area contributed by atoms with Gasteiger partial charge in [0, 0.05) is 10.0 Å². The highest BCUT2D eigenvalue weighted by atomic mass is 79.9. The van der Waals surface area contributed by atoms with Crippen LogP contribution in [0, 0.1) is 0 Å². The van der Waals surface area contributed by atoms with Gasteiger partial charge in [0.15, 0.2) is 0 Å². The second kappa shape index (κ2) is 7.81. The number of hydrogen-bond donors (Lipinski definition) is 1. The summed E-state index contributed by atoms with van der Waals surface area (Å²) in [6.07, 6.45) is 1.45. The van der Waals surface area contributed by atoms with E-state index in [-0.39, 0.29) is 5.91 Å². The normalized spacial score (nSPS) is 10.8. The summed E-state index contributed by atoms with van der Waals surface area (Å²) in [5, 5.41) is 3.93. The molecule has 0 aliphatic rings. The molecule has 1 N–H and O–H groups in total. The molecule has 0 spiro atoms. The zero-order chi connectivity index (χ0) is 17.6. The number of para-hydroxylation sites is 1. The van der Waals surface area contributed by atoms with E-state index in [1.807, 2.05) is 30.3 Å². The van der Waals surface area contributed by atoms with Crippen LogP contribution >= 0.6 is 15.9 Å². The Kier molecular flexibility index (Phi) is 5.30. The van der Waals surface area contributed by atoms with Crippen LogP contribution in [-0.4, -0.2) is 19.2 Å². The van der Waals surface area contributed by atoms with Crippen LogP contribution in [0.5, 0.6) is 5.75 Å². The minimum Gasteiger partial charge on any atom is -0.496 e. The van der Waals surface area contributed by atoms with Crippen molar-refractivity contribution < 1.29 is 13.9 Å². The zero-order valence-corrected chi connectivity index (χ0v) is 15.0. The van der Waals surface area contributed by atoms with Crippen LogP contribution in [0.15, 0.2) is 74.7 Å². The molecule has 1 amide bonds. The zero-order valence-electron chi connectivity index (χ0n) is 13.4. The molecule has 2 aromatic carbocycles. The Morgan fingerprint density at radius 3 is 2.64 bits per heavy atom. The molecule has 126 valence electrons. The van der Waals surface area contributed by atoms with Crippen LogP contribution in [0.3, 0.4) is 0 Å². The van der Waals surface area contributed by atoms with Crippen molar-refractivity contribution in [3.05, 3.63) is 76.5 Å². The summed E-state index contributed by atoms with van der Waals surface area (Å²) in [5.41, 5.74) is 3.84. The van der Waals surface area contributed by atoms with Gasteiger partial charge in [-0.05, 0) is 36.4 Å². The Hall–Kier alpha value is -2.86. The summed E-state index contributed by atoms with van der Waals surface area (Å²) in [7, 11) is 1.52. The molecular weight excluding hydrogens is 384 g/mol. The fourth-order valence-electron chi connectivity index (χ4n) is 2.24. The first-order valence-electron chi connectivity index (χ1n) is 7.49. The summed E-state index contributed by atoms with van der Waals surface area (Å²) < 4.78 is 11.9. The van der Waals surface area contributed by atoms with Gasteiger partial charge in [0.2, 0.25) is 0 Å². The molecule has 0 aliphatic heterocycles. The number of methoxy groups -OCH3 is 1. The molecule has 0 aliphatic carbocycles. The van der Waals surface area contributed by atoms with Gasteiger partial charge >= 0.3 is 0 Å². The highest BCUT2D eigenvalue weighted by molar-refractivity contribution is 9.10. The molecule has 1 heterocycles. The number of carbonyl (C=O) groups is 1. The van der Waals surface area contributed by atoms with E-state index in [1.165, 1.54) is 13.3 Å². The van der Waals surface area contributed by atoms with E-state index < -0.39 is 0 Å². The fraction of sp³-hybridized carbons (Fsp3) is 0.0526. The van der Waals surface area contributed by atoms with Gasteiger partial charge in [0.1, 0.15) is 17.3 Å². The van der Waals surface area contributed by atoms with Gasteiger partial charge in [-0.3, -0.25) is 4.79 Å². The van der Waals surface area contributed by atoms with Gasteiger partial charge in [-0.25, -0.2) is 5.43 Å². The van der Waals surface area contributed by atoms with Gasteiger partial charge in [0.05, 0.1) is 18.9 Å². The lowest BCUT2D eigenvalue weighted by Gasteiger charge is -2.05. The minimum atomic E-state index is -0.353. The Balaban J connectivity index is 1.67. The number of nitrogens with zero attached hydrogens (tertiary/aromatic N) is 1. The molecule has 0 saturated carbocycles. The summed E-state index contributed by atoms with van der Waals surface area (Å²) in [5.74, 6) is 1.40. The van der Waals surface area contributed by atoms with Gasteiger partial charge in [-0.1, -0.05) is 40.2 Å². The first-order chi connectivity index (χ1) is 12.2. The lowest BCUT2D eigenvalue weighted by Crippen LogP contribution is -2.18. The number of amides is 1. The number of halogens is 1. The van der Waals surface area contributed by atoms with Crippen molar-refractivity contribution in [1.82, 2.24) is 5.43 Å². The van der Waals surface area contributed by atoms with E-state index in [1.54, 1.807) is 30.3 Å². The summed E-state index contributed by atoms with van der Waals surface area (Å²) >= 11 is 3.40. The lowest BCUT2D eigenvalue weighted by atomic mass is 10.2. The van der Waals surface area contributed by atoms with Gasteiger partial charge in [0.25, 0.3) is 5.91 Å². The molecule has 0 saturated heterocycles. The van der Waals surface area contributed by atoms with E-state index >= 15 is 0 Å². The maximum absolute atomic E-state index is 12.1. The number of carbonyl (C=O) groups excluding carboxylic acids is 1. The fourth-order valence-corrected chi connectivity index (χ4v) is 2.50. The Labute approximate surface area is 153 Å². The van der Waals surface area contributed by atoms with Crippen molar-refractivity contribution in [2.75, 3.05) is 7.11 Å². The first-order valence-corrected chi connectivity index (χ1v) is 8.29. The Morgan fingerprint density at radius 2 is 1.88 bits per heavy atom. The molecule has 1 aromatic heterocycles. The summed E-state index contributed by atoms with van der Waals surface area (Å²) in [6, 6.07) is 18.4. The maximum atomic E-state index is 12.1. The van der Waals surface area contributed by atoms with Crippen molar-refractivity contribution in [1.29, 1.82) is 0 Å². The van der Waals surface area contributed by atoms with E-state index in [0.29, 0.717) is 17.1 Å². The molecule has 5 nitrogen and oxygen atoms in total. The van der Waals surface area contributed by atoms with Gasteiger partial charge in [-0.2, -0.15) is 5.10 Å². The van der Waals surface area contributed by atoms with Crippen LogP contribution in [0.2, 0.25) is 0 Å². The van der Waals surface area contributed by atoms with E-state index in [9.17, 15) is 4.79 Å². The number of benzene rings is 2. The minimum absolute atomic E-state index is 0.353. The molecule has 3 rings (SSSR count). The molecule has 6 heteroatoms. The summed E-state index contributed by atoms with van der Waals surface area (Å²) in [6.45, 7) is 0. The Morgan fingerprint density at radius 1 is 1.12 bits per heavy atom. The summed E-state index contributed by atoms with van der Waals surface area (Å²) in [4.78, 5) is 12.1. The number of furan rings is 1. The molecule has 3 aromatic rings. The molecule has 0 fully saturated rings. The third-order valence-electron chi connectivity index (χ3n) is 3.47. The number of nitrogens with one attached hydrogen (secondary N) is 1. The topological polar surface area (TPSA) is 63.8 Å². The third-order valence-corrected chi connectivity index (χ3v) is 3.99. The Bertz CT molecular complexity index is 901. The van der Waals surface area contributed by atoms with E-state index in [4.69, 9.17) is 9.15 Å². The predicted molar refractivity (Wildman–Crippen MR) is 99.9 cm³/mol. The second-order valence-electron chi connectivity index (χ2n) is 5.11. The van der Waals surface area contributed by atoms with Gasteiger partial charge < -0.3 is 9.15 Å². The average molecular weight is 399 g/mol. The van der Waals surface area contributed by atoms with Crippen LogP contribution in [0.4, 0.5) is 0 Å². The quantitative estimate of drug-likeness (QED) is 0.508. The van der Waals surface area contributed by atoms with Crippen molar-refractivity contribution in [2.45, 2.75) is 0 Å². The lowest BCUT2D eigenvalue weighted by molar-refractivity contribution is 0.0952. The molecule has 25 heavy (non-hydrogen) atoms. The highest BCUT2D eigenvalue weighted by Crippen LogP contribution is 2.23. The smallest absolute Gasteiger partial charge is 0.275 e. The predicted octanol–water partition coefficient (Wildman–Crippen LogP) is 4.48. The molecule has 0 atom stereocenters. The average Bonchev–Trinajstić information content (AvgIpc) is 3.11. The maximum Gasteiger partial charge on any atom is 0.275 e. The largest absolute Gasteiger partial charge is 0.496 e. The highest BCUT2D eigenvalue weighted by Gasteiger charge is 2.10. The third kappa shape index (κ3) is 4.16. The monoisotopic (exact) mass is 398 g/mol. The van der Waals surface area contributed by atoms with Gasteiger partial charge in [-0.15, -0.1) is 0 Å². The van der Waals surface area contributed by atoms with Crippen LogP contribution in [0.1, 0.15) is 16.1 Å². The second-order valence-corrected chi connectivity index (χ2v) is 6.02. The van der Waals surface area contributed by atoms with Crippen LogP contribution < -0.4 is 10.2 Å². The van der Waals surface area contributed by atoms with Crippen molar-refractivity contribution in [3.8, 4) is 17.1 Å². The van der Waals surface area contributed by atoms with Crippen LogP contribution in [-0.2, 0) is 0 Å². The first kappa shape index (κ1) is 17.0. The van der Waals surface area contributed by atoms with Crippen LogP contribution in [0.25, 0.3) is 11.3 Å². The molecule has 0 radical (unpaired) electrons. The SMILES string of the molecule is COc1ccccc1C(=O)N/N=C\c1ccc(-c2ccc(Br)cc2)o1. The number of hydrogen-bond acceptors (Lipinski definition) is 4. The number of ether oxygens (including phenoxy) is 1. The number of hydrazone groups is 1. The molecule has 0 bridgehead atoms. The molecular formula is C19H15BrN2O3. The number of rotatable bonds is 5. The van der Waals surface area contributed by atoms with Crippen molar-refractivity contribution >= 4 is 28.1 Å². The standard InChI is InChI=1S/C19H15BrN2O3/c1-24-18-5-3-2-4-16(18)19(23)22-21-12-15-10-11-17(25-15)13-6-8-14(20)9-7-13/h2-12H,1H3,(H,22,23)/b21-12-. The van der Waals surface area contributed by atoms with Crippen molar-refractivity contribution in [3.63, 3.8) is 0 Å². The molecule has 0 unspecified atom stereocenters. The van der Waals surface area contributed by atoms with Crippen molar-refractivity contribution in [2.24, 2.45) is 5.10 Å². The van der Waals surface area contributed by atoms with E-state index in [0.717, 1.165) is 15.8 Å². The van der Waals surface area contributed by atoms with E-state index in [2.05, 4.69) is 26.5 Å².